The lowest BCUT2D eigenvalue weighted by atomic mass is 9.93. The van der Waals surface area contributed by atoms with Crippen molar-refractivity contribution < 1.29 is 4.79 Å². The number of hydrogen-bond acceptors (Lipinski definition) is 1. The number of nitrogens with zero attached hydrogens (tertiary/aromatic N) is 1. The van der Waals surface area contributed by atoms with Gasteiger partial charge in [-0.2, -0.15) is 0 Å². The highest BCUT2D eigenvalue weighted by molar-refractivity contribution is 5.95. The fraction of sp³-hybridized carbons (Fsp3) is 0.545. The Bertz CT molecular complexity index is 325. The molecule has 0 aliphatic carbocycles. The zero-order chi connectivity index (χ0) is 9.42. The minimum Gasteiger partial charge on any atom is -0.342 e. The molecule has 0 fully saturated rings. The molecule has 2 heteroatoms. The average Bonchev–Trinajstić information content (AvgIpc) is 2.53. The first kappa shape index (κ1) is 8.54. The Balaban J connectivity index is 2.41. The molecule has 0 saturated carbocycles. The molecule has 70 valence electrons. The summed E-state index contributed by atoms with van der Waals surface area (Å²) in [7, 11) is 0. The van der Waals surface area contributed by atoms with Crippen LogP contribution in [0.15, 0.2) is 18.3 Å². The summed E-state index contributed by atoms with van der Waals surface area (Å²) in [5, 5.41) is 0. The summed E-state index contributed by atoms with van der Waals surface area (Å²) >= 11 is 0. The van der Waals surface area contributed by atoms with Gasteiger partial charge in [-0.05, 0) is 24.5 Å². The van der Waals surface area contributed by atoms with Crippen molar-refractivity contribution in [2.24, 2.45) is 5.92 Å². The van der Waals surface area contributed by atoms with Crippen molar-refractivity contribution in [1.82, 2.24) is 4.57 Å². The molecule has 0 saturated heterocycles. The largest absolute Gasteiger partial charge is 0.342 e. The second kappa shape index (κ2) is 3.02. The van der Waals surface area contributed by atoms with Crippen molar-refractivity contribution in [3.8, 4) is 0 Å². The predicted molar refractivity (Wildman–Crippen MR) is 51.9 cm³/mol. The fourth-order valence-corrected chi connectivity index (χ4v) is 2.12. The van der Waals surface area contributed by atoms with Crippen LogP contribution in [0, 0.1) is 5.92 Å². The van der Waals surface area contributed by atoms with Crippen molar-refractivity contribution >= 4 is 5.78 Å². The van der Waals surface area contributed by atoms with Gasteiger partial charge in [-0.1, -0.05) is 13.8 Å². The number of aromatic nitrogens is 1. The third kappa shape index (κ3) is 1.30. The molecule has 0 bridgehead atoms. The van der Waals surface area contributed by atoms with Crippen LogP contribution in [-0.2, 0) is 0 Å². The van der Waals surface area contributed by atoms with Gasteiger partial charge in [0.1, 0.15) is 0 Å². The van der Waals surface area contributed by atoms with Gasteiger partial charge < -0.3 is 4.57 Å². The maximum absolute atomic E-state index is 11.5. The van der Waals surface area contributed by atoms with Crippen LogP contribution in [0.2, 0.25) is 0 Å². The number of hydrogen-bond donors (Lipinski definition) is 0. The topological polar surface area (TPSA) is 22.0 Å². The van der Waals surface area contributed by atoms with E-state index in [0.717, 1.165) is 12.1 Å². The lowest BCUT2D eigenvalue weighted by Crippen LogP contribution is -2.24. The van der Waals surface area contributed by atoms with Crippen LogP contribution in [0.3, 0.4) is 0 Å². The first-order chi connectivity index (χ1) is 6.20. The molecule has 1 unspecified atom stereocenters. The van der Waals surface area contributed by atoms with Gasteiger partial charge in [-0.15, -0.1) is 0 Å². The van der Waals surface area contributed by atoms with Crippen LogP contribution in [-0.4, -0.2) is 10.4 Å². The summed E-state index contributed by atoms with van der Waals surface area (Å²) in [6.07, 6.45) is 3.74. The highest BCUT2D eigenvalue weighted by Gasteiger charge is 2.25. The van der Waals surface area contributed by atoms with E-state index >= 15 is 0 Å². The number of carbonyl (C=O) groups is 1. The van der Waals surface area contributed by atoms with Gasteiger partial charge in [0.15, 0.2) is 5.78 Å². The van der Waals surface area contributed by atoms with E-state index < -0.39 is 0 Å². The molecule has 2 nitrogen and oxygen atoms in total. The molecule has 0 aromatic carbocycles. The lowest BCUT2D eigenvalue weighted by molar-refractivity contribution is 0.0932. The first-order valence-electron chi connectivity index (χ1n) is 4.90. The van der Waals surface area contributed by atoms with Gasteiger partial charge in [-0.25, -0.2) is 0 Å². The van der Waals surface area contributed by atoms with Crippen molar-refractivity contribution in [1.29, 1.82) is 0 Å². The van der Waals surface area contributed by atoms with Crippen LogP contribution in [0.25, 0.3) is 0 Å². The van der Waals surface area contributed by atoms with Crippen molar-refractivity contribution in [2.75, 3.05) is 0 Å². The summed E-state index contributed by atoms with van der Waals surface area (Å²) in [6, 6.07) is 4.41. The van der Waals surface area contributed by atoms with E-state index in [1.165, 1.54) is 0 Å². The monoisotopic (exact) mass is 177 g/mol. The average molecular weight is 177 g/mol. The molecular formula is C11H15NO. The van der Waals surface area contributed by atoms with Crippen molar-refractivity contribution in [2.45, 2.75) is 32.7 Å². The van der Waals surface area contributed by atoms with Gasteiger partial charge in [0.2, 0.25) is 0 Å². The van der Waals surface area contributed by atoms with E-state index in [2.05, 4.69) is 18.4 Å². The Morgan fingerprint density at radius 2 is 2.31 bits per heavy atom. The van der Waals surface area contributed by atoms with Gasteiger partial charge >= 0.3 is 0 Å². The van der Waals surface area contributed by atoms with E-state index in [-0.39, 0.29) is 0 Å². The third-order valence-electron chi connectivity index (χ3n) is 2.86. The minimum absolute atomic E-state index is 0.293. The highest BCUT2D eigenvalue weighted by atomic mass is 16.1. The summed E-state index contributed by atoms with van der Waals surface area (Å²) in [4.78, 5) is 11.5. The van der Waals surface area contributed by atoms with Gasteiger partial charge in [0.25, 0.3) is 0 Å². The zero-order valence-corrected chi connectivity index (χ0v) is 8.16. The Kier molecular flexibility index (Phi) is 1.98. The van der Waals surface area contributed by atoms with Crippen LogP contribution < -0.4 is 0 Å². The Labute approximate surface area is 78.6 Å². The van der Waals surface area contributed by atoms with E-state index in [4.69, 9.17) is 0 Å². The Hall–Kier alpha value is -1.05. The van der Waals surface area contributed by atoms with E-state index in [0.29, 0.717) is 24.2 Å². The molecule has 13 heavy (non-hydrogen) atoms. The van der Waals surface area contributed by atoms with Crippen LogP contribution in [0.4, 0.5) is 0 Å². The first-order valence-corrected chi connectivity index (χ1v) is 4.90. The van der Waals surface area contributed by atoms with Gasteiger partial charge in [0.05, 0.1) is 5.69 Å². The molecule has 0 radical (unpaired) electrons. The van der Waals surface area contributed by atoms with Gasteiger partial charge in [-0.3, -0.25) is 4.79 Å². The van der Waals surface area contributed by atoms with Crippen LogP contribution in [0.5, 0.6) is 0 Å². The van der Waals surface area contributed by atoms with E-state index in [9.17, 15) is 4.79 Å². The Morgan fingerprint density at radius 3 is 3.00 bits per heavy atom. The second-order valence-electron chi connectivity index (χ2n) is 4.07. The number of Topliss-reactive ketones (excluding diaryl/α,β-unsaturated/α-hetero) is 1. The smallest absolute Gasteiger partial charge is 0.179 e. The molecule has 2 rings (SSSR count). The zero-order valence-electron chi connectivity index (χ0n) is 8.16. The number of carbonyl (C=O) groups excluding carboxylic acids is 1. The van der Waals surface area contributed by atoms with Crippen molar-refractivity contribution in [3.05, 3.63) is 24.0 Å². The lowest BCUT2D eigenvalue weighted by Gasteiger charge is -2.28. The molecule has 2 heterocycles. The van der Waals surface area contributed by atoms with Crippen LogP contribution >= 0.6 is 0 Å². The quantitative estimate of drug-likeness (QED) is 0.646. The molecular weight excluding hydrogens is 162 g/mol. The van der Waals surface area contributed by atoms with E-state index in [1.807, 2.05) is 18.3 Å². The molecule has 0 amide bonds. The summed E-state index contributed by atoms with van der Waals surface area (Å²) in [5.41, 5.74) is 0.893. The predicted octanol–water partition coefficient (Wildman–Crippen LogP) is 2.66. The molecule has 0 N–H and O–H groups in total. The standard InChI is InChI=1S/C11H15NO/c1-8(2)9-5-6-11(13)10-4-3-7-12(9)10/h3-4,7-9H,5-6H2,1-2H3. The summed E-state index contributed by atoms with van der Waals surface area (Å²) in [5.74, 6) is 0.904. The van der Waals surface area contributed by atoms with Gasteiger partial charge in [0, 0.05) is 18.7 Å². The minimum atomic E-state index is 0.293. The maximum Gasteiger partial charge on any atom is 0.179 e. The summed E-state index contributed by atoms with van der Waals surface area (Å²) in [6.45, 7) is 4.43. The fourth-order valence-electron chi connectivity index (χ4n) is 2.12. The molecule has 1 atom stereocenters. The number of fused-ring (bicyclic) bond motifs is 1. The molecule has 0 spiro atoms. The molecule has 1 aromatic heterocycles. The SMILES string of the molecule is CC(C)C1CCC(=O)c2cccn21. The normalized spacial score (nSPS) is 22.1. The second-order valence-corrected chi connectivity index (χ2v) is 4.07. The molecule has 1 aliphatic heterocycles. The summed E-state index contributed by atoms with van der Waals surface area (Å²) < 4.78 is 2.14. The third-order valence-corrected chi connectivity index (χ3v) is 2.86. The molecule has 1 aromatic rings. The van der Waals surface area contributed by atoms with Crippen LogP contribution in [0.1, 0.15) is 43.2 Å². The molecule has 1 aliphatic rings. The van der Waals surface area contributed by atoms with E-state index in [1.54, 1.807) is 0 Å². The Morgan fingerprint density at radius 1 is 1.54 bits per heavy atom. The maximum atomic E-state index is 11.5. The number of ketones is 1. The van der Waals surface area contributed by atoms with Crippen molar-refractivity contribution in [3.63, 3.8) is 0 Å². The highest BCUT2D eigenvalue weighted by Crippen LogP contribution is 2.30. The number of rotatable bonds is 1.